The number of nitrogens with zero attached hydrogens (tertiary/aromatic N) is 6. The summed E-state index contributed by atoms with van der Waals surface area (Å²) in [6.45, 7) is 7.18. The highest BCUT2D eigenvalue weighted by Crippen LogP contribution is 2.27. The van der Waals surface area contributed by atoms with Gasteiger partial charge in [-0.3, -0.25) is 9.58 Å². The number of anilines is 1. The molecule has 0 unspecified atom stereocenters. The maximum Gasteiger partial charge on any atom is 0.224 e. The molecule has 2 aromatic heterocycles. The van der Waals surface area contributed by atoms with Crippen molar-refractivity contribution in [2.45, 2.75) is 19.7 Å². The summed E-state index contributed by atoms with van der Waals surface area (Å²) in [7, 11) is 1.65. The smallest absolute Gasteiger partial charge is 0.224 e. The Morgan fingerprint density at radius 1 is 1.07 bits per heavy atom. The number of methoxy groups -OCH3 is 1. The topological polar surface area (TPSA) is 68.5 Å². The van der Waals surface area contributed by atoms with Gasteiger partial charge in [-0.25, -0.2) is 9.97 Å². The number of hydrogen-bond acceptors (Lipinski definition) is 7. The van der Waals surface area contributed by atoms with E-state index in [1.165, 1.54) is 11.4 Å². The second-order valence-corrected chi connectivity index (χ2v) is 7.25. The molecule has 2 aliphatic rings. The first-order chi connectivity index (χ1) is 13.8. The first kappa shape index (κ1) is 17.4. The van der Waals surface area contributed by atoms with E-state index in [9.17, 15) is 0 Å². The second-order valence-electron chi connectivity index (χ2n) is 7.25. The van der Waals surface area contributed by atoms with Crippen molar-refractivity contribution in [1.82, 2.24) is 24.6 Å². The Hall–Kier alpha value is -2.71. The Kier molecular flexibility index (Phi) is 4.58. The van der Waals surface area contributed by atoms with Gasteiger partial charge in [-0.05, 0) is 24.3 Å². The van der Waals surface area contributed by atoms with Crippen molar-refractivity contribution in [2.24, 2.45) is 0 Å². The van der Waals surface area contributed by atoms with Gasteiger partial charge in [-0.2, -0.15) is 5.10 Å². The Morgan fingerprint density at radius 3 is 2.79 bits per heavy atom. The predicted octanol–water partition coefficient (Wildman–Crippen LogP) is 1.69. The summed E-state index contributed by atoms with van der Waals surface area (Å²) >= 11 is 0. The van der Waals surface area contributed by atoms with Crippen molar-refractivity contribution in [2.75, 3.05) is 44.8 Å². The van der Waals surface area contributed by atoms with E-state index in [2.05, 4.69) is 42.6 Å². The van der Waals surface area contributed by atoms with E-state index in [0.717, 1.165) is 62.5 Å². The zero-order valence-electron chi connectivity index (χ0n) is 16.0. The van der Waals surface area contributed by atoms with Crippen LogP contribution >= 0.6 is 0 Å². The van der Waals surface area contributed by atoms with Gasteiger partial charge in [0.25, 0.3) is 0 Å². The molecule has 146 valence electrons. The third-order valence-electron chi connectivity index (χ3n) is 5.51. The molecule has 0 amide bonds. The van der Waals surface area contributed by atoms with Crippen LogP contribution in [0, 0.1) is 0 Å². The van der Waals surface area contributed by atoms with Gasteiger partial charge in [0.1, 0.15) is 6.33 Å². The second kappa shape index (κ2) is 7.37. The molecule has 0 saturated carbocycles. The van der Waals surface area contributed by atoms with Crippen molar-refractivity contribution < 1.29 is 9.47 Å². The van der Waals surface area contributed by atoms with Crippen LogP contribution < -0.4 is 9.64 Å². The molecule has 2 aliphatic heterocycles. The summed E-state index contributed by atoms with van der Waals surface area (Å²) in [5.41, 5.74) is 4.42. The Labute approximate surface area is 163 Å². The fraction of sp³-hybridized carbons (Fsp3) is 0.450. The molecule has 0 spiro atoms. The minimum absolute atomic E-state index is 0.623. The molecule has 0 bridgehead atoms. The number of ether oxygens (including phenoxy) is 2. The highest BCUT2D eigenvalue weighted by Gasteiger charge is 2.20. The van der Waals surface area contributed by atoms with Crippen LogP contribution in [0.3, 0.4) is 0 Å². The van der Waals surface area contributed by atoms with Crippen LogP contribution in [-0.2, 0) is 24.4 Å². The van der Waals surface area contributed by atoms with E-state index in [0.29, 0.717) is 12.5 Å². The zero-order valence-corrected chi connectivity index (χ0v) is 16.0. The molecule has 1 fully saturated rings. The first-order valence-electron chi connectivity index (χ1n) is 9.69. The zero-order chi connectivity index (χ0) is 18.9. The standard InChI is InChI=1S/C20H24N6O2/c1-27-20-18-11-16(2-3-19(18)21-14-22-20)25-6-4-24(5-7-25)12-15-10-17-13-28-9-8-26(17)23-15/h2-3,10-11,14H,4-9,12-13H2,1H3. The molecule has 8 nitrogen and oxygen atoms in total. The van der Waals surface area contributed by atoms with E-state index in [1.54, 1.807) is 13.4 Å². The molecule has 4 heterocycles. The van der Waals surface area contributed by atoms with Crippen molar-refractivity contribution in [3.05, 3.63) is 42.0 Å². The van der Waals surface area contributed by atoms with Crippen LogP contribution in [0.25, 0.3) is 10.9 Å². The quantitative estimate of drug-likeness (QED) is 0.682. The Morgan fingerprint density at radius 2 is 1.96 bits per heavy atom. The summed E-state index contributed by atoms with van der Waals surface area (Å²) in [6.07, 6.45) is 1.54. The molecule has 8 heteroatoms. The molecule has 0 radical (unpaired) electrons. The number of hydrogen-bond donors (Lipinski definition) is 0. The monoisotopic (exact) mass is 380 g/mol. The summed E-state index contributed by atoms with van der Waals surface area (Å²) in [4.78, 5) is 13.4. The largest absolute Gasteiger partial charge is 0.480 e. The molecule has 5 rings (SSSR count). The third-order valence-corrected chi connectivity index (χ3v) is 5.51. The van der Waals surface area contributed by atoms with E-state index >= 15 is 0 Å². The number of benzene rings is 1. The van der Waals surface area contributed by atoms with Crippen LogP contribution in [0.15, 0.2) is 30.6 Å². The van der Waals surface area contributed by atoms with Crippen LogP contribution in [0.1, 0.15) is 11.4 Å². The van der Waals surface area contributed by atoms with Gasteiger partial charge in [0, 0.05) is 38.4 Å². The summed E-state index contributed by atoms with van der Waals surface area (Å²) < 4.78 is 13.0. The van der Waals surface area contributed by atoms with Gasteiger partial charge in [-0.1, -0.05) is 0 Å². The minimum atomic E-state index is 0.623. The van der Waals surface area contributed by atoms with Gasteiger partial charge in [-0.15, -0.1) is 0 Å². The van der Waals surface area contributed by atoms with Crippen molar-refractivity contribution in [3.8, 4) is 5.88 Å². The van der Waals surface area contributed by atoms with Gasteiger partial charge in [0.05, 0.1) is 49.2 Å². The van der Waals surface area contributed by atoms with Crippen LogP contribution in [0.2, 0.25) is 0 Å². The number of fused-ring (bicyclic) bond motifs is 2. The lowest BCUT2D eigenvalue weighted by atomic mass is 10.2. The number of aromatic nitrogens is 4. The van der Waals surface area contributed by atoms with Crippen LogP contribution in [0.5, 0.6) is 5.88 Å². The molecule has 1 saturated heterocycles. The molecule has 0 atom stereocenters. The number of piperazine rings is 1. The fourth-order valence-corrected chi connectivity index (χ4v) is 4.00. The molecular formula is C20H24N6O2. The lowest BCUT2D eigenvalue weighted by Crippen LogP contribution is -2.46. The highest BCUT2D eigenvalue weighted by molar-refractivity contribution is 5.86. The SMILES string of the molecule is COc1ncnc2ccc(N3CCN(Cc4cc5n(n4)CCOC5)CC3)cc12. The van der Waals surface area contributed by atoms with Crippen LogP contribution in [-0.4, -0.2) is 64.5 Å². The highest BCUT2D eigenvalue weighted by atomic mass is 16.5. The van der Waals surface area contributed by atoms with E-state index in [-0.39, 0.29) is 0 Å². The lowest BCUT2D eigenvalue weighted by Gasteiger charge is -2.35. The van der Waals surface area contributed by atoms with Crippen LogP contribution in [0.4, 0.5) is 5.69 Å². The lowest BCUT2D eigenvalue weighted by molar-refractivity contribution is 0.0799. The average molecular weight is 380 g/mol. The van der Waals surface area contributed by atoms with Gasteiger partial charge in [0.2, 0.25) is 5.88 Å². The Balaban J connectivity index is 1.25. The van der Waals surface area contributed by atoms with Gasteiger partial charge < -0.3 is 14.4 Å². The molecule has 0 aliphatic carbocycles. The molecule has 28 heavy (non-hydrogen) atoms. The van der Waals surface area contributed by atoms with E-state index < -0.39 is 0 Å². The van der Waals surface area contributed by atoms with Crippen molar-refractivity contribution in [1.29, 1.82) is 0 Å². The fourth-order valence-electron chi connectivity index (χ4n) is 4.00. The van der Waals surface area contributed by atoms with E-state index in [1.807, 2.05) is 6.07 Å². The van der Waals surface area contributed by atoms with Crippen molar-refractivity contribution >= 4 is 16.6 Å². The molecule has 1 aromatic carbocycles. The van der Waals surface area contributed by atoms with E-state index in [4.69, 9.17) is 14.6 Å². The third kappa shape index (κ3) is 3.29. The molecule has 0 N–H and O–H groups in total. The maximum absolute atomic E-state index is 5.51. The molecule has 3 aromatic rings. The number of rotatable bonds is 4. The van der Waals surface area contributed by atoms with Crippen molar-refractivity contribution in [3.63, 3.8) is 0 Å². The maximum atomic E-state index is 5.51. The van der Waals surface area contributed by atoms with Gasteiger partial charge in [0.15, 0.2) is 0 Å². The molecular weight excluding hydrogens is 356 g/mol. The summed E-state index contributed by atoms with van der Waals surface area (Å²) in [6, 6.07) is 8.49. The van der Waals surface area contributed by atoms with Gasteiger partial charge >= 0.3 is 0 Å². The average Bonchev–Trinajstić information content (AvgIpc) is 3.16. The summed E-state index contributed by atoms with van der Waals surface area (Å²) in [5, 5.41) is 5.68. The normalized spacial score (nSPS) is 17.7. The predicted molar refractivity (Wildman–Crippen MR) is 105 cm³/mol. The minimum Gasteiger partial charge on any atom is -0.480 e. The Bertz CT molecular complexity index is 956. The first-order valence-corrected chi connectivity index (χ1v) is 9.69. The summed E-state index contributed by atoms with van der Waals surface area (Å²) in [5.74, 6) is 0.623.